The summed E-state index contributed by atoms with van der Waals surface area (Å²) in [4.78, 5) is 1.84. The molecule has 3 N–H and O–H groups in total. The van der Waals surface area contributed by atoms with E-state index in [1.165, 1.54) is 0 Å². The van der Waals surface area contributed by atoms with Gasteiger partial charge in [0.05, 0.1) is 6.61 Å². The van der Waals surface area contributed by atoms with Crippen molar-refractivity contribution in [2.24, 2.45) is 0 Å². The number of nitrogens with one attached hydrogen (secondary N) is 1. The Hall–Kier alpha value is -3.12. The predicted molar refractivity (Wildman–Crippen MR) is 115 cm³/mol. The van der Waals surface area contributed by atoms with Gasteiger partial charge in [-0.05, 0) is 29.7 Å². The van der Waals surface area contributed by atoms with Crippen LogP contribution < -0.4 is 10.2 Å². The van der Waals surface area contributed by atoms with Gasteiger partial charge in [0.2, 0.25) is 0 Å². The zero-order valence-electron chi connectivity index (χ0n) is 16.7. The van der Waals surface area contributed by atoms with Gasteiger partial charge in [0, 0.05) is 55.5 Å². The van der Waals surface area contributed by atoms with E-state index in [1.807, 2.05) is 29.2 Å². The van der Waals surface area contributed by atoms with E-state index in [0.717, 1.165) is 42.0 Å². The van der Waals surface area contributed by atoms with Gasteiger partial charge in [0.1, 0.15) is 24.0 Å². The Kier molecular flexibility index (Phi) is 7.41. The highest BCUT2D eigenvalue weighted by atomic mass is 16.5. The van der Waals surface area contributed by atoms with Gasteiger partial charge < -0.3 is 29.9 Å². The molecule has 0 radical (unpaired) electrons. The maximum absolute atomic E-state index is 10.4. The van der Waals surface area contributed by atoms with Crippen LogP contribution in [0, 0.1) is 0 Å². The monoisotopic (exact) mass is 396 g/mol. The van der Waals surface area contributed by atoms with Gasteiger partial charge in [-0.1, -0.05) is 25.5 Å². The highest BCUT2D eigenvalue weighted by Crippen LogP contribution is 2.31. The van der Waals surface area contributed by atoms with Crippen molar-refractivity contribution in [3.05, 3.63) is 72.4 Å². The van der Waals surface area contributed by atoms with Crippen LogP contribution in [0.4, 0.5) is 11.4 Å². The lowest BCUT2D eigenvalue weighted by Crippen LogP contribution is -2.10. The van der Waals surface area contributed by atoms with Crippen LogP contribution in [0.15, 0.2) is 61.3 Å². The molecule has 0 saturated heterocycles. The number of ether oxygens (including phenoxy) is 2. The number of unbranched alkanes of at least 4 members (excludes halogenated alkanes) is 1. The molecule has 0 spiro atoms. The number of aromatic hydroxyl groups is 2. The van der Waals surface area contributed by atoms with Crippen molar-refractivity contribution in [3.63, 3.8) is 0 Å². The summed E-state index contributed by atoms with van der Waals surface area (Å²) in [5, 5.41) is 24.0. The average Bonchev–Trinajstić information content (AvgIpc) is 2.74. The maximum Gasteiger partial charge on any atom is 0.121 e. The van der Waals surface area contributed by atoms with Crippen molar-refractivity contribution in [1.29, 1.82) is 0 Å². The SMILES string of the molecule is CCCCOCCNc1ccc(Cc2ccc(N3C=COC=C3)cc2O)c(O)c1. The van der Waals surface area contributed by atoms with Crippen LogP contribution in [-0.2, 0) is 15.9 Å². The fraction of sp³-hybridized carbons (Fsp3) is 0.304. The van der Waals surface area contributed by atoms with E-state index in [4.69, 9.17) is 9.47 Å². The molecule has 1 aliphatic rings. The number of benzene rings is 2. The fourth-order valence-electron chi connectivity index (χ4n) is 2.98. The van der Waals surface area contributed by atoms with E-state index in [9.17, 15) is 10.2 Å². The Morgan fingerprint density at radius 2 is 1.69 bits per heavy atom. The molecule has 2 aromatic rings. The van der Waals surface area contributed by atoms with Gasteiger partial charge in [-0.3, -0.25) is 0 Å². The molecule has 6 heteroatoms. The number of anilines is 2. The molecular formula is C23H28N2O4. The molecule has 2 aromatic carbocycles. The van der Waals surface area contributed by atoms with E-state index >= 15 is 0 Å². The Morgan fingerprint density at radius 1 is 0.966 bits per heavy atom. The van der Waals surface area contributed by atoms with Gasteiger partial charge in [-0.2, -0.15) is 0 Å². The molecular weight excluding hydrogens is 368 g/mol. The van der Waals surface area contributed by atoms with Crippen LogP contribution in [0.25, 0.3) is 0 Å². The lowest BCUT2D eigenvalue weighted by atomic mass is 10.0. The zero-order valence-corrected chi connectivity index (χ0v) is 16.7. The van der Waals surface area contributed by atoms with Crippen LogP contribution in [0.2, 0.25) is 0 Å². The van der Waals surface area contributed by atoms with Crippen molar-refractivity contribution in [1.82, 2.24) is 0 Å². The molecule has 0 unspecified atom stereocenters. The summed E-state index contributed by atoms with van der Waals surface area (Å²) >= 11 is 0. The average molecular weight is 396 g/mol. The zero-order chi connectivity index (χ0) is 20.5. The molecule has 29 heavy (non-hydrogen) atoms. The van der Waals surface area contributed by atoms with Gasteiger partial charge in [-0.25, -0.2) is 0 Å². The molecule has 1 heterocycles. The van der Waals surface area contributed by atoms with Crippen molar-refractivity contribution in [3.8, 4) is 11.5 Å². The lowest BCUT2D eigenvalue weighted by Gasteiger charge is -2.18. The smallest absolute Gasteiger partial charge is 0.121 e. The minimum atomic E-state index is 0.182. The summed E-state index contributed by atoms with van der Waals surface area (Å²) in [6.45, 7) is 4.24. The number of nitrogens with zero attached hydrogens (tertiary/aromatic N) is 1. The highest BCUT2D eigenvalue weighted by Gasteiger charge is 2.10. The first-order valence-corrected chi connectivity index (χ1v) is 9.90. The highest BCUT2D eigenvalue weighted by molar-refractivity contribution is 5.59. The first kappa shape index (κ1) is 20.6. The van der Waals surface area contributed by atoms with E-state index < -0.39 is 0 Å². The molecule has 3 rings (SSSR count). The van der Waals surface area contributed by atoms with Gasteiger partial charge >= 0.3 is 0 Å². The quantitative estimate of drug-likeness (QED) is 0.506. The van der Waals surface area contributed by atoms with Crippen LogP contribution in [0.5, 0.6) is 11.5 Å². The first-order valence-electron chi connectivity index (χ1n) is 9.90. The Balaban J connectivity index is 1.58. The van der Waals surface area contributed by atoms with E-state index in [0.29, 0.717) is 19.6 Å². The molecule has 0 saturated carbocycles. The van der Waals surface area contributed by atoms with Crippen molar-refractivity contribution < 1.29 is 19.7 Å². The molecule has 0 atom stereocenters. The number of phenols is 2. The first-order chi connectivity index (χ1) is 14.2. The molecule has 1 aliphatic heterocycles. The van der Waals surface area contributed by atoms with E-state index in [-0.39, 0.29) is 11.5 Å². The van der Waals surface area contributed by atoms with Crippen LogP contribution in [0.3, 0.4) is 0 Å². The summed E-state index contributed by atoms with van der Waals surface area (Å²) in [5.74, 6) is 0.381. The normalized spacial score (nSPS) is 12.8. The second kappa shape index (κ2) is 10.4. The van der Waals surface area contributed by atoms with Crippen LogP contribution >= 0.6 is 0 Å². The Bertz CT molecular complexity index is 852. The summed E-state index contributed by atoms with van der Waals surface area (Å²) in [7, 11) is 0. The Labute approximate surface area is 171 Å². The molecule has 0 bridgehead atoms. The number of phenolic OH excluding ortho intramolecular Hbond substituents is 2. The molecule has 0 fully saturated rings. The lowest BCUT2D eigenvalue weighted by molar-refractivity contribution is 0.141. The second-order valence-electron chi connectivity index (χ2n) is 6.84. The molecule has 0 amide bonds. The summed E-state index contributed by atoms with van der Waals surface area (Å²) < 4.78 is 10.5. The Morgan fingerprint density at radius 3 is 2.38 bits per heavy atom. The maximum atomic E-state index is 10.4. The van der Waals surface area contributed by atoms with Crippen LogP contribution in [0.1, 0.15) is 30.9 Å². The summed E-state index contributed by atoms with van der Waals surface area (Å²) in [6.07, 6.45) is 9.30. The number of rotatable bonds is 10. The largest absolute Gasteiger partial charge is 0.508 e. The third kappa shape index (κ3) is 5.93. The van der Waals surface area contributed by atoms with Crippen LogP contribution in [-0.4, -0.2) is 30.0 Å². The molecule has 154 valence electrons. The van der Waals surface area contributed by atoms with E-state index in [2.05, 4.69) is 12.2 Å². The van der Waals surface area contributed by atoms with Gasteiger partial charge in [-0.15, -0.1) is 0 Å². The molecule has 0 aromatic heterocycles. The molecule has 6 nitrogen and oxygen atoms in total. The van der Waals surface area contributed by atoms with Crippen molar-refractivity contribution in [2.75, 3.05) is 30.0 Å². The number of hydrogen-bond donors (Lipinski definition) is 3. The van der Waals surface area contributed by atoms with Crippen molar-refractivity contribution in [2.45, 2.75) is 26.2 Å². The summed E-state index contributed by atoms with van der Waals surface area (Å²) in [5.41, 5.74) is 3.17. The van der Waals surface area contributed by atoms with Gasteiger partial charge in [0.15, 0.2) is 0 Å². The summed E-state index contributed by atoms with van der Waals surface area (Å²) in [6, 6.07) is 11.0. The third-order valence-corrected chi connectivity index (χ3v) is 4.65. The van der Waals surface area contributed by atoms with E-state index in [1.54, 1.807) is 37.1 Å². The topological polar surface area (TPSA) is 74.2 Å². The minimum Gasteiger partial charge on any atom is -0.508 e. The second-order valence-corrected chi connectivity index (χ2v) is 6.84. The standard InChI is InChI=1S/C23H28N2O4/c1-2-3-11-28-12-8-24-20-6-4-18(22(26)16-20)15-19-5-7-21(17-23(19)27)25-9-13-29-14-10-25/h4-7,9-10,13-14,16-17,24,26-27H,2-3,8,11-12,15H2,1H3. The fourth-order valence-corrected chi connectivity index (χ4v) is 2.98. The number of hydrogen-bond acceptors (Lipinski definition) is 6. The molecule has 0 aliphatic carbocycles. The minimum absolute atomic E-state index is 0.182. The predicted octanol–water partition coefficient (Wildman–Crippen LogP) is 4.70. The van der Waals surface area contributed by atoms with Crippen molar-refractivity contribution >= 4 is 11.4 Å². The van der Waals surface area contributed by atoms with Gasteiger partial charge in [0.25, 0.3) is 0 Å². The third-order valence-electron chi connectivity index (χ3n) is 4.65.